The van der Waals surface area contributed by atoms with Crippen molar-refractivity contribution in [2.45, 2.75) is 35.6 Å². The van der Waals surface area contributed by atoms with E-state index in [4.69, 9.17) is 5.14 Å². The van der Waals surface area contributed by atoms with Gasteiger partial charge in [-0.3, -0.25) is 0 Å². The summed E-state index contributed by atoms with van der Waals surface area (Å²) >= 11 is 1.46. The lowest BCUT2D eigenvalue weighted by molar-refractivity contribution is 0.597. The second kappa shape index (κ2) is 10.1. The predicted octanol–water partition coefficient (Wildman–Crippen LogP) is 3.96. The molecule has 7 nitrogen and oxygen atoms in total. The van der Waals surface area contributed by atoms with E-state index in [1.807, 2.05) is 13.8 Å². The van der Waals surface area contributed by atoms with Gasteiger partial charge in [-0.25, -0.2) is 27.9 Å². The number of halogens is 1. The summed E-state index contributed by atoms with van der Waals surface area (Å²) in [5.41, 5.74) is 2.23. The Bertz CT molecular complexity index is 1240. The minimum absolute atomic E-state index is 0.0519. The molecular formula is C22H22FN5O2S2. The minimum Gasteiger partial charge on any atom is -0.368 e. The first-order chi connectivity index (χ1) is 15.2. The summed E-state index contributed by atoms with van der Waals surface area (Å²) < 4.78 is 36.2. The topological polar surface area (TPSA) is 122 Å². The number of sulfonamides is 1. The molecule has 10 heteroatoms. The molecule has 2 aromatic carbocycles. The lowest BCUT2D eigenvalue weighted by Gasteiger charge is -2.14. The van der Waals surface area contributed by atoms with Gasteiger partial charge in [-0.15, -0.1) is 0 Å². The van der Waals surface area contributed by atoms with Crippen LogP contribution in [-0.2, 0) is 16.4 Å². The summed E-state index contributed by atoms with van der Waals surface area (Å²) in [4.78, 5) is 9.11. The Morgan fingerprint density at radius 3 is 2.34 bits per heavy atom. The molecular weight excluding hydrogens is 449 g/mol. The zero-order valence-electron chi connectivity index (χ0n) is 17.5. The lowest BCUT2D eigenvalue weighted by atomic mass is 10.1. The molecule has 0 spiro atoms. The van der Waals surface area contributed by atoms with Crippen LogP contribution in [0.1, 0.15) is 25.0 Å². The van der Waals surface area contributed by atoms with Crippen molar-refractivity contribution in [3.8, 4) is 17.3 Å². The van der Waals surface area contributed by atoms with Gasteiger partial charge in [-0.05, 0) is 48.4 Å². The minimum atomic E-state index is -3.74. The maximum atomic E-state index is 13.4. The van der Waals surface area contributed by atoms with E-state index in [1.165, 1.54) is 36.0 Å². The molecule has 0 saturated heterocycles. The Morgan fingerprint density at radius 1 is 1.12 bits per heavy atom. The van der Waals surface area contributed by atoms with E-state index in [1.54, 1.807) is 24.3 Å². The summed E-state index contributed by atoms with van der Waals surface area (Å²) in [5, 5.41) is 18.8. The fourth-order valence-electron chi connectivity index (χ4n) is 2.93. The molecule has 0 aliphatic heterocycles. The van der Waals surface area contributed by atoms with Crippen LogP contribution in [0.2, 0.25) is 0 Å². The number of nitrogens with zero attached hydrogens (tertiary/aromatic N) is 3. The number of benzene rings is 2. The van der Waals surface area contributed by atoms with Crippen molar-refractivity contribution in [3.63, 3.8) is 0 Å². The van der Waals surface area contributed by atoms with Crippen LogP contribution in [0.15, 0.2) is 58.6 Å². The van der Waals surface area contributed by atoms with Gasteiger partial charge in [0, 0.05) is 17.4 Å². The Labute approximate surface area is 191 Å². The van der Waals surface area contributed by atoms with Crippen molar-refractivity contribution < 1.29 is 12.8 Å². The zero-order chi connectivity index (χ0) is 23.3. The highest BCUT2D eigenvalue weighted by Crippen LogP contribution is 2.30. The molecule has 3 aromatic rings. The van der Waals surface area contributed by atoms with E-state index in [-0.39, 0.29) is 21.5 Å². The van der Waals surface area contributed by atoms with E-state index in [0.717, 1.165) is 5.56 Å². The number of hydrogen-bond donors (Lipinski definition) is 2. The number of nitrogens with one attached hydrogen (secondary N) is 1. The van der Waals surface area contributed by atoms with Crippen molar-refractivity contribution in [2.24, 2.45) is 5.14 Å². The van der Waals surface area contributed by atoms with Gasteiger partial charge in [0.15, 0.2) is 5.16 Å². The number of primary sulfonamides is 1. The molecule has 3 N–H and O–H groups in total. The van der Waals surface area contributed by atoms with Crippen LogP contribution in [0.4, 0.5) is 10.2 Å². The Balaban J connectivity index is 1.86. The summed E-state index contributed by atoms with van der Waals surface area (Å²) in [6, 6.07) is 14.3. The first kappa shape index (κ1) is 23.7. The van der Waals surface area contributed by atoms with Gasteiger partial charge in [0.1, 0.15) is 23.3 Å². The van der Waals surface area contributed by atoms with Gasteiger partial charge in [0.2, 0.25) is 10.0 Å². The number of nitriles is 1. The summed E-state index contributed by atoms with van der Waals surface area (Å²) in [5.74, 6) is 0.0241. The largest absolute Gasteiger partial charge is 0.368 e. The van der Waals surface area contributed by atoms with Crippen LogP contribution < -0.4 is 10.5 Å². The highest BCUT2D eigenvalue weighted by Gasteiger charge is 2.17. The average molecular weight is 472 g/mol. The molecule has 0 bridgehead atoms. The maximum absolute atomic E-state index is 13.4. The van der Waals surface area contributed by atoms with E-state index < -0.39 is 10.0 Å². The first-order valence-corrected chi connectivity index (χ1v) is 12.2. The number of anilines is 1. The predicted molar refractivity (Wildman–Crippen MR) is 123 cm³/mol. The van der Waals surface area contributed by atoms with Gasteiger partial charge in [-0.1, -0.05) is 37.7 Å². The third-order valence-electron chi connectivity index (χ3n) is 4.42. The van der Waals surface area contributed by atoms with Gasteiger partial charge in [0.05, 0.1) is 10.6 Å². The molecule has 0 radical (unpaired) electrons. The number of aromatic nitrogens is 2. The summed E-state index contributed by atoms with van der Waals surface area (Å²) in [6.45, 7) is 4.49. The molecule has 0 aliphatic rings. The van der Waals surface area contributed by atoms with Gasteiger partial charge in [0.25, 0.3) is 0 Å². The zero-order valence-corrected chi connectivity index (χ0v) is 19.2. The molecule has 0 amide bonds. The molecule has 3 rings (SSSR count). The standard InChI is InChI=1S/C22H22FN5O2S2/c1-14(2)31-22-27-20(16-5-7-17(23)8-6-16)19(13-24)21(28-22)26-12-11-15-3-9-18(10-4-15)32(25,29)30/h3-10,14H,11-12H2,1-2H3,(H2,25,29,30)(H,26,27,28). The van der Waals surface area contributed by atoms with Crippen molar-refractivity contribution >= 4 is 27.6 Å². The molecule has 0 fully saturated rings. The van der Waals surface area contributed by atoms with Crippen LogP contribution in [0.5, 0.6) is 0 Å². The molecule has 0 saturated carbocycles. The normalized spacial score (nSPS) is 11.4. The number of hydrogen-bond acceptors (Lipinski definition) is 7. The van der Waals surface area contributed by atoms with E-state index in [9.17, 15) is 18.1 Å². The Morgan fingerprint density at radius 2 is 1.78 bits per heavy atom. The smallest absolute Gasteiger partial charge is 0.238 e. The number of rotatable bonds is 8. The van der Waals surface area contributed by atoms with E-state index in [0.29, 0.717) is 35.2 Å². The average Bonchev–Trinajstić information content (AvgIpc) is 2.73. The molecule has 32 heavy (non-hydrogen) atoms. The van der Waals surface area contributed by atoms with Crippen molar-refractivity contribution in [2.75, 3.05) is 11.9 Å². The first-order valence-electron chi connectivity index (χ1n) is 9.77. The van der Waals surface area contributed by atoms with Gasteiger partial charge in [-0.2, -0.15) is 5.26 Å². The number of nitrogens with two attached hydrogens (primary N) is 1. The molecule has 0 atom stereocenters. The van der Waals surface area contributed by atoms with Crippen LogP contribution >= 0.6 is 11.8 Å². The molecule has 1 aromatic heterocycles. The maximum Gasteiger partial charge on any atom is 0.238 e. The molecule has 166 valence electrons. The van der Waals surface area contributed by atoms with Crippen LogP contribution in [0.25, 0.3) is 11.3 Å². The highest BCUT2D eigenvalue weighted by molar-refractivity contribution is 7.99. The molecule has 0 aliphatic carbocycles. The Kier molecular flexibility index (Phi) is 7.45. The lowest BCUT2D eigenvalue weighted by Crippen LogP contribution is -2.12. The van der Waals surface area contributed by atoms with Crippen LogP contribution in [0, 0.1) is 17.1 Å². The monoisotopic (exact) mass is 471 g/mol. The van der Waals surface area contributed by atoms with E-state index in [2.05, 4.69) is 21.4 Å². The second-order valence-electron chi connectivity index (χ2n) is 7.23. The van der Waals surface area contributed by atoms with Gasteiger partial charge >= 0.3 is 0 Å². The van der Waals surface area contributed by atoms with Crippen molar-refractivity contribution in [1.82, 2.24) is 9.97 Å². The fraction of sp³-hybridized carbons (Fsp3) is 0.227. The third kappa shape index (κ3) is 6.03. The highest BCUT2D eigenvalue weighted by atomic mass is 32.2. The van der Waals surface area contributed by atoms with Crippen LogP contribution in [0.3, 0.4) is 0 Å². The third-order valence-corrected chi connectivity index (χ3v) is 6.21. The Hall–Kier alpha value is -3.00. The van der Waals surface area contributed by atoms with Crippen molar-refractivity contribution in [1.29, 1.82) is 5.26 Å². The van der Waals surface area contributed by atoms with Gasteiger partial charge < -0.3 is 5.32 Å². The number of thioether (sulfide) groups is 1. The second-order valence-corrected chi connectivity index (χ2v) is 10.3. The van der Waals surface area contributed by atoms with Crippen LogP contribution in [-0.4, -0.2) is 30.2 Å². The summed E-state index contributed by atoms with van der Waals surface area (Å²) in [6.07, 6.45) is 0.568. The quantitative estimate of drug-likeness (QED) is 0.377. The molecule has 1 heterocycles. The van der Waals surface area contributed by atoms with Crippen molar-refractivity contribution in [3.05, 3.63) is 65.5 Å². The molecule has 0 unspecified atom stereocenters. The van der Waals surface area contributed by atoms with E-state index >= 15 is 0 Å². The SMILES string of the molecule is CC(C)Sc1nc(NCCc2ccc(S(N)(=O)=O)cc2)c(C#N)c(-c2ccc(F)cc2)n1. The fourth-order valence-corrected chi connectivity index (χ4v) is 4.15. The summed E-state index contributed by atoms with van der Waals surface area (Å²) in [7, 11) is -3.74.